The predicted molar refractivity (Wildman–Crippen MR) is 113 cm³/mol. The Morgan fingerprint density at radius 3 is 1.04 bits per heavy atom. The summed E-state index contributed by atoms with van der Waals surface area (Å²) in [6.07, 6.45) is 17.5. The Balaban J connectivity index is 0. The quantitative estimate of drug-likeness (QED) is 0.168. The summed E-state index contributed by atoms with van der Waals surface area (Å²) in [4.78, 5) is 23.2. The Hall–Kier alpha value is 0.200. The van der Waals surface area contributed by atoms with Gasteiger partial charge in [-0.2, -0.15) is 0 Å². The van der Waals surface area contributed by atoms with Gasteiger partial charge in [0.2, 0.25) is 0 Å². The van der Waals surface area contributed by atoms with Crippen LogP contribution < -0.4 is 10.2 Å². The van der Waals surface area contributed by atoms with Crippen molar-refractivity contribution in [3.05, 3.63) is 0 Å². The number of hydrogen-bond donors (Lipinski definition) is 0. The van der Waals surface area contributed by atoms with E-state index in [1.807, 2.05) is 0 Å². The molecule has 4 nitrogen and oxygen atoms in total. The monoisotopic (exact) mass is 422 g/mol. The molecule has 0 bridgehead atoms. The molecule has 0 saturated heterocycles. The van der Waals surface area contributed by atoms with Crippen molar-refractivity contribution in [2.75, 3.05) is 0 Å². The molecular formula is C23H42CaO4. The van der Waals surface area contributed by atoms with Gasteiger partial charge in [0, 0.05) is 5.41 Å². The minimum Gasteiger partial charge on any atom is -0.549 e. The number of carbonyl (C=O) groups is 2. The van der Waals surface area contributed by atoms with E-state index < -0.39 is 17.4 Å². The first-order valence-electron chi connectivity index (χ1n) is 11.4. The van der Waals surface area contributed by atoms with Crippen LogP contribution in [0.3, 0.4) is 0 Å². The minimum absolute atomic E-state index is 0. The second kappa shape index (κ2) is 20.5. The van der Waals surface area contributed by atoms with Crippen LogP contribution in [0.25, 0.3) is 0 Å². The number of hydrogen-bond acceptors (Lipinski definition) is 4. The predicted octanol–water partition coefficient (Wildman–Crippen LogP) is 4.15. The van der Waals surface area contributed by atoms with Gasteiger partial charge in [0.1, 0.15) is 0 Å². The summed E-state index contributed by atoms with van der Waals surface area (Å²) in [6, 6.07) is 0. The molecule has 0 spiro atoms. The van der Waals surface area contributed by atoms with Gasteiger partial charge in [-0.1, -0.05) is 117 Å². The molecule has 0 aliphatic rings. The van der Waals surface area contributed by atoms with E-state index in [9.17, 15) is 19.8 Å². The van der Waals surface area contributed by atoms with Crippen molar-refractivity contribution < 1.29 is 19.8 Å². The van der Waals surface area contributed by atoms with Crippen LogP contribution in [-0.2, 0) is 9.59 Å². The SMILES string of the molecule is CCCCCCCCCCC(CCCCCCCCCC)(C(=O)[O-])C(=O)[O-].[Ca+2]. The van der Waals surface area contributed by atoms with Crippen molar-refractivity contribution >= 4 is 49.7 Å². The molecule has 0 N–H and O–H groups in total. The maximum Gasteiger partial charge on any atom is 2.00 e. The van der Waals surface area contributed by atoms with Crippen molar-refractivity contribution in [3.63, 3.8) is 0 Å². The van der Waals surface area contributed by atoms with Crippen molar-refractivity contribution in [2.24, 2.45) is 5.41 Å². The number of rotatable bonds is 20. The second-order valence-electron chi connectivity index (χ2n) is 8.11. The molecule has 0 aromatic rings. The van der Waals surface area contributed by atoms with Crippen LogP contribution >= 0.6 is 0 Å². The van der Waals surface area contributed by atoms with Gasteiger partial charge in [-0.05, 0) is 12.8 Å². The molecule has 0 aliphatic carbocycles. The fourth-order valence-electron chi connectivity index (χ4n) is 3.74. The third-order valence-electron chi connectivity index (χ3n) is 5.70. The van der Waals surface area contributed by atoms with Crippen molar-refractivity contribution in [2.45, 2.75) is 129 Å². The normalized spacial score (nSPS) is 11.2. The average Bonchev–Trinajstić information content (AvgIpc) is 2.63. The van der Waals surface area contributed by atoms with Crippen LogP contribution in [0.1, 0.15) is 129 Å². The van der Waals surface area contributed by atoms with Crippen molar-refractivity contribution in [1.82, 2.24) is 0 Å². The zero-order valence-electron chi connectivity index (χ0n) is 18.6. The van der Waals surface area contributed by atoms with E-state index in [1.54, 1.807) is 0 Å². The third-order valence-corrected chi connectivity index (χ3v) is 5.70. The fourth-order valence-corrected chi connectivity index (χ4v) is 3.74. The first-order chi connectivity index (χ1) is 13.0. The van der Waals surface area contributed by atoms with Gasteiger partial charge in [0.15, 0.2) is 0 Å². The molecule has 0 saturated carbocycles. The Bertz CT molecular complexity index is 349. The summed E-state index contributed by atoms with van der Waals surface area (Å²) in [6.45, 7) is 4.37. The number of carboxylic acid groups (broad SMARTS) is 2. The Morgan fingerprint density at radius 2 is 0.786 bits per heavy atom. The molecular weight excluding hydrogens is 380 g/mol. The Morgan fingerprint density at radius 1 is 0.536 bits per heavy atom. The van der Waals surface area contributed by atoms with Crippen molar-refractivity contribution in [3.8, 4) is 0 Å². The molecule has 0 aliphatic heterocycles. The molecule has 0 amide bonds. The summed E-state index contributed by atoms with van der Waals surface area (Å²) in [7, 11) is 0. The summed E-state index contributed by atoms with van der Waals surface area (Å²) < 4.78 is 0. The topological polar surface area (TPSA) is 80.3 Å². The maximum atomic E-state index is 11.6. The summed E-state index contributed by atoms with van der Waals surface area (Å²) in [5.41, 5.74) is -1.80. The molecule has 0 aromatic carbocycles. The largest absolute Gasteiger partial charge is 2.00 e. The van der Waals surface area contributed by atoms with Crippen LogP contribution in [0.15, 0.2) is 0 Å². The molecule has 0 heterocycles. The van der Waals surface area contributed by atoms with Gasteiger partial charge in [-0.15, -0.1) is 0 Å². The zero-order chi connectivity index (χ0) is 20.4. The third kappa shape index (κ3) is 14.2. The second-order valence-corrected chi connectivity index (χ2v) is 8.11. The van der Waals surface area contributed by atoms with Crippen LogP contribution in [0.2, 0.25) is 0 Å². The van der Waals surface area contributed by atoms with Gasteiger partial charge in [0.25, 0.3) is 0 Å². The molecule has 28 heavy (non-hydrogen) atoms. The number of unbranched alkanes of at least 4 members (excludes halogenated alkanes) is 14. The van der Waals surface area contributed by atoms with Gasteiger partial charge in [-0.25, -0.2) is 0 Å². The Labute approximate surface area is 203 Å². The van der Waals surface area contributed by atoms with E-state index in [0.717, 1.165) is 38.5 Å². The van der Waals surface area contributed by atoms with E-state index in [2.05, 4.69) is 13.8 Å². The average molecular weight is 423 g/mol. The zero-order valence-corrected chi connectivity index (χ0v) is 20.8. The molecule has 0 rings (SSSR count). The maximum absolute atomic E-state index is 11.6. The first-order valence-corrected chi connectivity index (χ1v) is 11.4. The van der Waals surface area contributed by atoms with Crippen LogP contribution in [0.5, 0.6) is 0 Å². The molecule has 0 atom stereocenters. The number of carboxylic acids is 2. The first kappa shape index (κ1) is 30.4. The smallest absolute Gasteiger partial charge is 0.549 e. The van der Waals surface area contributed by atoms with Crippen LogP contribution in [0, 0.1) is 5.41 Å². The summed E-state index contributed by atoms with van der Waals surface area (Å²) in [5, 5.41) is 23.2. The van der Waals surface area contributed by atoms with E-state index in [1.165, 1.54) is 51.4 Å². The van der Waals surface area contributed by atoms with E-state index in [0.29, 0.717) is 12.8 Å². The molecule has 0 fully saturated rings. The van der Waals surface area contributed by atoms with E-state index in [-0.39, 0.29) is 50.6 Å². The van der Waals surface area contributed by atoms with E-state index in [4.69, 9.17) is 0 Å². The molecule has 0 radical (unpaired) electrons. The Kier molecular flexibility index (Phi) is 22.2. The van der Waals surface area contributed by atoms with Gasteiger partial charge in [0.05, 0.1) is 11.9 Å². The van der Waals surface area contributed by atoms with E-state index >= 15 is 0 Å². The fraction of sp³-hybridized carbons (Fsp3) is 0.913. The number of aliphatic carboxylic acids is 2. The minimum atomic E-state index is -1.80. The molecule has 160 valence electrons. The summed E-state index contributed by atoms with van der Waals surface area (Å²) >= 11 is 0. The molecule has 0 unspecified atom stereocenters. The number of carbonyl (C=O) groups excluding carboxylic acids is 2. The van der Waals surface area contributed by atoms with Gasteiger partial charge in [-0.3, -0.25) is 0 Å². The van der Waals surface area contributed by atoms with Crippen LogP contribution in [0.4, 0.5) is 0 Å². The van der Waals surface area contributed by atoms with Gasteiger partial charge < -0.3 is 19.8 Å². The standard InChI is InChI=1S/C23H44O4.Ca/c1-3-5-7-9-11-13-15-17-19-23(21(24)25,22(26)27)20-18-16-14-12-10-8-6-4-2;/h3-20H2,1-2H3,(H,24,25)(H,26,27);/q;+2/p-2. The van der Waals surface area contributed by atoms with Crippen molar-refractivity contribution in [1.29, 1.82) is 0 Å². The molecule has 5 heteroatoms. The van der Waals surface area contributed by atoms with Crippen LogP contribution in [-0.4, -0.2) is 49.7 Å². The van der Waals surface area contributed by atoms with Gasteiger partial charge >= 0.3 is 37.7 Å². The molecule has 0 aromatic heterocycles. The summed E-state index contributed by atoms with van der Waals surface area (Å²) in [5.74, 6) is -2.93.